The molecular formula is C15H16Cl2O2. The Morgan fingerprint density at radius 3 is 2.58 bits per heavy atom. The van der Waals surface area contributed by atoms with Crippen LogP contribution in [0.5, 0.6) is 5.75 Å². The molecule has 2 fully saturated rings. The number of hydrogen-bond donors (Lipinski definition) is 0. The monoisotopic (exact) mass is 298 g/mol. The molecule has 2 bridgehead atoms. The third kappa shape index (κ3) is 2.25. The summed E-state index contributed by atoms with van der Waals surface area (Å²) in [6.07, 6.45) is 4.69. The predicted molar refractivity (Wildman–Crippen MR) is 76.3 cm³/mol. The predicted octanol–water partition coefficient (Wildman–Crippen LogP) is 4.62. The maximum atomic E-state index is 12.6. The third-order valence-electron chi connectivity index (χ3n) is 4.58. The Bertz CT molecular complexity index is 527. The summed E-state index contributed by atoms with van der Waals surface area (Å²) in [5, 5.41) is 0.882. The van der Waals surface area contributed by atoms with Crippen LogP contribution in [0.1, 0.15) is 36.0 Å². The maximum Gasteiger partial charge on any atom is 0.167 e. The smallest absolute Gasteiger partial charge is 0.167 e. The van der Waals surface area contributed by atoms with E-state index in [0.29, 0.717) is 27.3 Å². The molecule has 0 amide bonds. The number of ether oxygens (including phenoxy) is 1. The summed E-state index contributed by atoms with van der Waals surface area (Å²) < 4.78 is 5.11. The molecule has 2 saturated carbocycles. The normalized spacial score (nSPS) is 28.7. The Balaban J connectivity index is 1.90. The van der Waals surface area contributed by atoms with Gasteiger partial charge in [0.1, 0.15) is 5.75 Å². The lowest BCUT2D eigenvalue weighted by Crippen LogP contribution is -2.21. The van der Waals surface area contributed by atoms with Crippen LogP contribution in [0.4, 0.5) is 0 Å². The first-order valence-corrected chi connectivity index (χ1v) is 7.43. The fraction of sp³-hybridized carbons (Fsp3) is 0.533. The number of fused-ring (bicyclic) bond motifs is 2. The molecule has 0 radical (unpaired) electrons. The standard InChI is InChI=1S/C15H16Cl2O2/c1-19-14-7-12(16)11(6-13(14)17)15(18)10-5-8-2-3-9(10)4-8/h6-10H,2-5H2,1H3. The van der Waals surface area contributed by atoms with Crippen molar-refractivity contribution in [2.75, 3.05) is 7.11 Å². The molecule has 1 aromatic carbocycles. The Morgan fingerprint density at radius 1 is 1.21 bits per heavy atom. The van der Waals surface area contributed by atoms with Crippen molar-refractivity contribution in [2.24, 2.45) is 17.8 Å². The number of ketones is 1. The molecule has 2 aliphatic rings. The van der Waals surface area contributed by atoms with E-state index in [1.165, 1.54) is 26.4 Å². The van der Waals surface area contributed by atoms with Gasteiger partial charge >= 0.3 is 0 Å². The highest BCUT2D eigenvalue weighted by molar-refractivity contribution is 6.36. The number of rotatable bonds is 3. The highest BCUT2D eigenvalue weighted by Crippen LogP contribution is 2.50. The minimum Gasteiger partial charge on any atom is -0.495 e. The van der Waals surface area contributed by atoms with Crippen LogP contribution in [0.15, 0.2) is 12.1 Å². The minimum absolute atomic E-state index is 0.140. The Labute approximate surface area is 123 Å². The molecule has 0 heterocycles. The number of Topliss-reactive ketones (excluding diaryl/α,β-unsaturated/α-hetero) is 1. The number of benzene rings is 1. The number of methoxy groups -OCH3 is 1. The molecule has 19 heavy (non-hydrogen) atoms. The van der Waals surface area contributed by atoms with E-state index in [4.69, 9.17) is 27.9 Å². The number of hydrogen-bond acceptors (Lipinski definition) is 2. The molecule has 0 aliphatic heterocycles. The van der Waals surface area contributed by atoms with Crippen LogP contribution >= 0.6 is 23.2 Å². The zero-order valence-corrected chi connectivity index (χ0v) is 12.3. The van der Waals surface area contributed by atoms with Gasteiger partial charge in [0, 0.05) is 17.5 Å². The molecule has 102 valence electrons. The van der Waals surface area contributed by atoms with Crippen molar-refractivity contribution in [3.8, 4) is 5.75 Å². The largest absolute Gasteiger partial charge is 0.495 e. The van der Waals surface area contributed by atoms with Gasteiger partial charge in [0.25, 0.3) is 0 Å². The van der Waals surface area contributed by atoms with E-state index in [2.05, 4.69) is 0 Å². The molecule has 0 saturated heterocycles. The zero-order valence-electron chi connectivity index (χ0n) is 10.8. The number of halogens is 2. The van der Waals surface area contributed by atoms with Crippen molar-refractivity contribution >= 4 is 29.0 Å². The van der Waals surface area contributed by atoms with Gasteiger partial charge in [0.05, 0.1) is 17.2 Å². The van der Waals surface area contributed by atoms with Crippen molar-refractivity contribution in [3.63, 3.8) is 0 Å². The summed E-state index contributed by atoms with van der Waals surface area (Å²) in [5.41, 5.74) is 0.546. The van der Waals surface area contributed by atoms with Crippen LogP contribution in [0.25, 0.3) is 0 Å². The van der Waals surface area contributed by atoms with E-state index in [0.717, 1.165) is 12.3 Å². The van der Waals surface area contributed by atoms with Gasteiger partial charge in [-0.3, -0.25) is 4.79 Å². The van der Waals surface area contributed by atoms with Crippen molar-refractivity contribution in [1.29, 1.82) is 0 Å². The van der Waals surface area contributed by atoms with Crippen molar-refractivity contribution in [2.45, 2.75) is 25.7 Å². The van der Waals surface area contributed by atoms with Crippen LogP contribution in [0, 0.1) is 17.8 Å². The van der Waals surface area contributed by atoms with Crippen molar-refractivity contribution in [3.05, 3.63) is 27.7 Å². The molecule has 2 aliphatic carbocycles. The fourth-order valence-corrected chi connectivity index (χ4v) is 4.13. The van der Waals surface area contributed by atoms with Crippen LogP contribution in [-0.4, -0.2) is 12.9 Å². The highest BCUT2D eigenvalue weighted by atomic mass is 35.5. The topological polar surface area (TPSA) is 26.3 Å². The van der Waals surface area contributed by atoms with E-state index >= 15 is 0 Å². The molecule has 0 aromatic heterocycles. The number of carbonyl (C=O) groups is 1. The van der Waals surface area contributed by atoms with E-state index in [9.17, 15) is 4.79 Å². The fourth-order valence-electron chi connectivity index (χ4n) is 3.64. The van der Waals surface area contributed by atoms with Crippen LogP contribution in [0.2, 0.25) is 10.0 Å². The number of carbonyl (C=O) groups excluding carboxylic acids is 1. The molecular weight excluding hydrogens is 283 g/mol. The highest BCUT2D eigenvalue weighted by Gasteiger charge is 2.43. The summed E-state index contributed by atoms with van der Waals surface area (Å²) in [4.78, 5) is 12.6. The second kappa shape index (κ2) is 4.99. The summed E-state index contributed by atoms with van der Waals surface area (Å²) >= 11 is 12.3. The van der Waals surface area contributed by atoms with Crippen LogP contribution in [0.3, 0.4) is 0 Å². The first-order valence-electron chi connectivity index (χ1n) is 6.67. The van der Waals surface area contributed by atoms with Gasteiger partial charge in [-0.15, -0.1) is 0 Å². The summed E-state index contributed by atoms with van der Waals surface area (Å²) in [6, 6.07) is 3.28. The van der Waals surface area contributed by atoms with Gasteiger partial charge in [-0.05, 0) is 37.2 Å². The van der Waals surface area contributed by atoms with Gasteiger partial charge < -0.3 is 4.74 Å². The zero-order chi connectivity index (χ0) is 13.6. The van der Waals surface area contributed by atoms with E-state index in [-0.39, 0.29) is 11.7 Å². The first-order chi connectivity index (χ1) is 9.10. The molecule has 3 rings (SSSR count). The van der Waals surface area contributed by atoms with Gasteiger partial charge in [-0.1, -0.05) is 29.6 Å². The van der Waals surface area contributed by atoms with Gasteiger partial charge in [0.2, 0.25) is 0 Å². The van der Waals surface area contributed by atoms with Gasteiger partial charge in [-0.25, -0.2) is 0 Å². The Kier molecular flexibility index (Phi) is 3.48. The minimum atomic E-state index is 0.140. The van der Waals surface area contributed by atoms with Crippen molar-refractivity contribution < 1.29 is 9.53 Å². The average Bonchev–Trinajstić information content (AvgIpc) is 3.02. The Hall–Kier alpha value is -0.730. The lowest BCUT2D eigenvalue weighted by atomic mass is 9.83. The molecule has 2 nitrogen and oxygen atoms in total. The lowest BCUT2D eigenvalue weighted by Gasteiger charge is -2.21. The Morgan fingerprint density at radius 2 is 2.00 bits per heavy atom. The second-order valence-corrected chi connectivity index (χ2v) is 6.43. The van der Waals surface area contributed by atoms with Crippen molar-refractivity contribution in [1.82, 2.24) is 0 Å². The molecule has 0 N–H and O–H groups in total. The molecule has 4 heteroatoms. The molecule has 0 spiro atoms. The van der Waals surface area contributed by atoms with Gasteiger partial charge in [0.15, 0.2) is 5.78 Å². The first kappa shape index (κ1) is 13.3. The molecule has 3 unspecified atom stereocenters. The second-order valence-electron chi connectivity index (χ2n) is 5.61. The van der Waals surface area contributed by atoms with Crippen LogP contribution in [-0.2, 0) is 0 Å². The maximum absolute atomic E-state index is 12.6. The molecule has 3 atom stereocenters. The summed E-state index contributed by atoms with van der Waals surface area (Å²) in [5.74, 6) is 2.10. The van der Waals surface area contributed by atoms with Gasteiger partial charge in [-0.2, -0.15) is 0 Å². The third-order valence-corrected chi connectivity index (χ3v) is 5.19. The van der Waals surface area contributed by atoms with Crippen LogP contribution < -0.4 is 4.74 Å². The van der Waals surface area contributed by atoms with E-state index in [1.807, 2.05) is 0 Å². The SMILES string of the molecule is COc1cc(Cl)c(C(=O)C2CC3CCC2C3)cc1Cl. The average molecular weight is 299 g/mol. The quantitative estimate of drug-likeness (QED) is 0.761. The van der Waals surface area contributed by atoms with E-state index < -0.39 is 0 Å². The van der Waals surface area contributed by atoms with E-state index in [1.54, 1.807) is 12.1 Å². The molecule has 1 aromatic rings. The summed E-state index contributed by atoms with van der Waals surface area (Å²) in [7, 11) is 1.54. The lowest BCUT2D eigenvalue weighted by molar-refractivity contribution is 0.0875. The summed E-state index contributed by atoms with van der Waals surface area (Å²) in [6.45, 7) is 0.